The summed E-state index contributed by atoms with van der Waals surface area (Å²) in [6, 6.07) is 17.4. The van der Waals surface area contributed by atoms with Gasteiger partial charge in [-0.1, -0.05) is 42.5 Å². The van der Waals surface area contributed by atoms with Crippen LogP contribution in [0.2, 0.25) is 0 Å². The first-order chi connectivity index (χ1) is 12.7. The third-order valence-electron chi connectivity index (χ3n) is 3.92. The lowest BCUT2D eigenvalue weighted by molar-refractivity contribution is -0.0842. The van der Waals surface area contributed by atoms with Crippen LogP contribution in [0.4, 0.5) is 0 Å². The summed E-state index contributed by atoms with van der Waals surface area (Å²) >= 11 is 1.60. The van der Waals surface area contributed by atoms with Crippen molar-refractivity contribution in [2.24, 2.45) is 0 Å². The van der Waals surface area contributed by atoms with Crippen molar-refractivity contribution in [3.63, 3.8) is 0 Å². The summed E-state index contributed by atoms with van der Waals surface area (Å²) in [6.45, 7) is 0. The quantitative estimate of drug-likeness (QED) is 0.368. The molecule has 2 aromatic carbocycles. The molecular formula is C21H21NO3S. The van der Waals surface area contributed by atoms with Crippen molar-refractivity contribution in [1.82, 2.24) is 4.98 Å². The molecule has 0 radical (unpaired) electrons. The second-order valence-corrected chi connectivity index (χ2v) is 6.78. The van der Waals surface area contributed by atoms with E-state index in [0.717, 1.165) is 27.1 Å². The van der Waals surface area contributed by atoms with Crippen LogP contribution in [-0.4, -0.2) is 36.4 Å². The maximum atomic E-state index is 9.54. The minimum atomic E-state index is -0.242. The second-order valence-electron chi connectivity index (χ2n) is 5.74. The van der Waals surface area contributed by atoms with Gasteiger partial charge in [0.15, 0.2) is 6.29 Å². The summed E-state index contributed by atoms with van der Waals surface area (Å²) < 4.78 is 10.4. The summed E-state index contributed by atoms with van der Waals surface area (Å²) in [5, 5.41) is 11.6. The Bertz CT molecular complexity index is 907. The van der Waals surface area contributed by atoms with Gasteiger partial charge in [0.05, 0.1) is 16.3 Å². The van der Waals surface area contributed by atoms with Crippen LogP contribution in [0, 0.1) is 0 Å². The normalized spacial score (nSPS) is 11.7. The van der Waals surface area contributed by atoms with Gasteiger partial charge in [-0.05, 0) is 35.4 Å². The first-order valence-electron chi connectivity index (χ1n) is 8.24. The first kappa shape index (κ1) is 18.5. The SMILES string of the molecule is COC(CSc1ccc2ccc(/C=C/c3cccc(O)c3)cc2n1)OC. The third-order valence-corrected chi connectivity index (χ3v) is 4.88. The number of phenolic OH excluding ortho intramolecular Hbond substituents is 1. The van der Waals surface area contributed by atoms with E-state index in [4.69, 9.17) is 14.5 Å². The van der Waals surface area contributed by atoms with E-state index < -0.39 is 0 Å². The van der Waals surface area contributed by atoms with Gasteiger partial charge in [0.2, 0.25) is 0 Å². The lowest BCUT2D eigenvalue weighted by Gasteiger charge is -2.12. The molecule has 0 spiro atoms. The van der Waals surface area contributed by atoms with Crippen molar-refractivity contribution in [2.75, 3.05) is 20.0 Å². The molecule has 26 heavy (non-hydrogen) atoms. The van der Waals surface area contributed by atoms with Crippen LogP contribution in [-0.2, 0) is 9.47 Å². The highest BCUT2D eigenvalue weighted by molar-refractivity contribution is 7.99. The number of benzene rings is 2. The summed E-state index contributed by atoms with van der Waals surface area (Å²) in [4.78, 5) is 4.72. The average Bonchev–Trinajstić information content (AvgIpc) is 2.67. The molecule has 3 aromatic rings. The van der Waals surface area contributed by atoms with Crippen LogP contribution in [0.15, 0.2) is 59.6 Å². The van der Waals surface area contributed by atoms with E-state index >= 15 is 0 Å². The standard InChI is InChI=1S/C21H21NO3S/c1-24-21(25-2)14-26-20-11-10-17-9-8-16(13-19(17)22-20)7-6-15-4-3-5-18(23)12-15/h3-13,21,23H,14H2,1-2H3/b7-6+. The van der Waals surface area contributed by atoms with E-state index in [2.05, 4.69) is 24.3 Å². The van der Waals surface area contributed by atoms with Gasteiger partial charge in [-0.15, -0.1) is 11.8 Å². The molecule has 0 amide bonds. The molecule has 0 saturated heterocycles. The smallest absolute Gasteiger partial charge is 0.166 e. The largest absolute Gasteiger partial charge is 0.508 e. The van der Waals surface area contributed by atoms with E-state index in [1.54, 1.807) is 38.1 Å². The Morgan fingerprint density at radius 2 is 1.73 bits per heavy atom. The van der Waals surface area contributed by atoms with Gasteiger partial charge in [0, 0.05) is 19.6 Å². The van der Waals surface area contributed by atoms with E-state index in [1.165, 1.54) is 0 Å². The second kappa shape index (κ2) is 8.85. The van der Waals surface area contributed by atoms with Crippen molar-refractivity contribution >= 4 is 34.8 Å². The first-order valence-corrected chi connectivity index (χ1v) is 9.23. The molecule has 0 atom stereocenters. The van der Waals surface area contributed by atoms with Gasteiger partial charge < -0.3 is 14.6 Å². The highest BCUT2D eigenvalue weighted by atomic mass is 32.2. The molecule has 0 aliphatic heterocycles. The van der Waals surface area contributed by atoms with E-state index in [0.29, 0.717) is 5.75 Å². The molecule has 0 aliphatic rings. The summed E-state index contributed by atoms with van der Waals surface area (Å²) in [6.07, 6.45) is 3.75. The van der Waals surface area contributed by atoms with Crippen LogP contribution in [0.25, 0.3) is 23.1 Å². The minimum Gasteiger partial charge on any atom is -0.508 e. The molecular weight excluding hydrogens is 346 g/mol. The molecule has 1 heterocycles. The van der Waals surface area contributed by atoms with Gasteiger partial charge in [0.25, 0.3) is 0 Å². The van der Waals surface area contributed by atoms with Gasteiger partial charge in [-0.3, -0.25) is 0 Å². The van der Waals surface area contributed by atoms with Crippen LogP contribution >= 0.6 is 11.8 Å². The molecule has 4 nitrogen and oxygen atoms in total. The molecule has 134 valence electrons. The fraction of sp³-hybridized carbons (Fsp3) is 0.190. The predicted molar refractivity (Wildman–Crippen MR) is 107 cm³/mol. The number of aromatic hydroxyl groups is 1. The van der Waals surface area contributed by atoms with E-state index in [9.17, 15) is 5.11 Å². The number of hydrogen-bond acceptors (Lipinski definition) is 5. The zero-order valence-electron chi connectivity index (χ0n) is 14.8. The Morgan fingerprint density at radius 1 is 1.00 bits per heavy atom. The molecule has 5 heteroatoms. The van der Waals surface area contributed by atoms with Crippen molar-refractivity contribution in [3.05, 3.63) is 65.7 Å². The Hall–Kier alpha value is -2.34. The number of rotatable bonds is 7. The number of aromatic nitrogens is 1. The Kier molecular flexibility index (Phi) is 6.28. The molecule has 0 saturated carbocycles. The number of pyridine rings is 1. The van der Waals surface area contributed by atoms with E-state index in [-0.39, 0.29) is 12.0 Å². The summed E-state index contributed by atoms with van der Waals surface area (Å²) in [7, 11) is 3.27. The Labute approximate surface area is 157 Å². The average molecular weight is 367 g/mol. The Morgan fingerprint density at radius 3 is 2.46 bits per heavy atom. The molecule has 0 aliphatic carbocycles. The fourth-order valence-corrected chi connectivity index (χ4v) is 3.41. The van der Waals surface area contributed by atoms with Crippen LogP contribution in [0.5, 0.6) is 5.75 Å². The molecule has 1 aromatic heterocycles. The highest BCUT2D eigenvalue weighted by Gasteiger charge is 2.07. The fourth-order valence-electron chi connectivity index (χ4n) is 2.51. The number of thioether (sulfide) groups is 1. The van der Waals surface area contributed by atoms with Gasteiger partial charge in [0.1, 0.15) is 5.75 Å². The lowest BCUT2D eigenvalue weighted by atomic mass is 10.1. The molecule has 0 bridgehead atoms. The molecule has 0 fully saturated rings. The van der Waals surface area contributed by atoms with Crippen molar-refractivity contribution in [2.45, 2.75) is 11.3 Å². The molecule has 3 rings (SSSR count). The monoisotopic (exact) mass is 367 g/mol. The summed E-state index contributed by atoms with van der Waals surface area (Å²) in [5.74, 6) is 0.946. The zero-order valence-corrected chi connectivity index (χ0v) is 15.6. The molecule has 1 N–H and O–H groups in total. The number of fused-ring (bicyclic) bond motifs is 1. The maximum absolute atomic E-state index is 9.54. The number of methoxy groups -OCH3 is 2. The Balaban J connectivity index is 1.78. The predicted octanol–water partition coefficient (Wildman–Crippen LogP) is 4.82. The highest BCUT2D eigenvalue weighted by Crippen LogP contribution is 2.23. The summed E-state index contributed by atoms with van der Waals surface area (Å²) in [5.41, 5.74) is 2.95. The van der Waals surface area contributed by atoms with Gasteiger partial charge >= 0.3 is 0 Å². The number of phenols is 1. The van der Waals surface area contributed by atoms with E-state index in [1.807, 2.05) is 30.4 Å². The van der Waals surface area contributed by atoms with Gasteiger partial charge in [-0.2, -0.15) is 0 Å². The zero-order chi connectivity index (χ0) is 18.4. The van der Waals surface area contributed by atoms with Crippen LogP contribution in [0.3, 0.4) is 0 Å². The van der Waals surface area contributed by atoms with Crippen LogP contribution < -0.4 is 0 Å². The molecule has 0 unspecified atom stereocenters. The van der Waals surface area contributed by atoms with Crippen LogP contribution in [0.1, 0.15) is 11.1 Å². The topological polar surface area (TPSA) is 51.6 Å². The maximum Gasteiger partial charge on any atom is 0.166 e. The number of hydrogen-bond donors (Lipinski definition) is 1. The van der Waals surface area contributed by atoms with Crippen molar-refractivity contribution in [3.8, 4) is 5.75 Å². The van der Waals surface area contributed by atoms with Crippen molar-refractivity contribution in [1.29, 1.82) is 0 Å². The van der Waals surface area contributed by atoms with Crippen molar-refractivity contribution < 1.29 is 14.6 Å². The third kappa shape index (κ3) is 4.85. The van der Waals surface area contributed by atoms with Gasteiger partial charge in [-0.25, -0.2) is 4.98 Å². The minimum absolute atomic E-state index is 0.242. The lowest BCUT2D eigenvalue weighted by Crippen LogP contribution is -2.15. The number of nitrogens with zero attached hydrogens (tertiary/aromatic N) is 1. The number of ether oxygens (including phenoxy) is 2.